The molecular formula is C19H13NOS. The number of nitrogens with zero attached hydrogens (tertiary/aromatic N) is 1. The van der Waals surface area contributed by atoms with E-state index >= 15 is 0 Å². The molecule has 3 heteroatoms. The van der Waals surface area contributed by atoms with E-state index in [4.69, 9.17) is 0 Å². The topological polar surface area (TPSA) is 33.1 Å². The van der Waals surface area contributed by atoms with Crippen LogP contribution in [0, 0.1) is 0 Å². The van der Waals surface area contributed by atoms with Gasteiger partial charge in [-0.3, -0.25) is 0 Å². The van der Waals surface area contributed by atoms with Crippen LogP contribution in [-0.4, -0.2) is 9.48 Å². The number of hydrogen-bond acceptors (Lipinski definition) is 3. The van der Waals surface area contributed by atoms with Crippen molar-refractivity contribution in [3.63, 3.8) is 0 Å². The van der Waals surface area contributed by atoms with Gasteiger partial charge in [-0.25, -0.2) is 0 Å². The van der Waals surface area contributed by atoms with E-state index in [1.165, 1.54) is 11.5 Å². The second-order valence-corrected chi connectivity index (χ2v) is 5.94. The Morgan fingerprint density at radius 2 is 1.27 bits per heavy atom. The minimum absolute atomic E-state index is 0.108. The maximum Gasteiger partial charge on any atom is 0.230 e. The van der Waals surface area contributed by atoms with Crippen LogP contribution in [0.3, 0.4) is 0 Å². The smallest absolute Gasteiger partial charge is 0.230 e. The summed E-state index contributed by atoms with van der Waals surface area (Å²) in [5.74, 6) is 0.108. The summed E-state index contributed by atoms with van der Waals surface area (Å²) in [6.45, 7) is 0. The number of aromatic nitrogens is 1. The molecule has 1 aromatic heterocycles. The molecule has 0 unspecified atom stereocenters. The molecule has 0 saturated carbocycles. The summed E-state index contributed by atoms with van der Waals surface area (Å²) in [4.78, 5) is 0. The van der Waals surface area contributed by atoms with E-state index in [0.717, 1.165) is 32.3 Å². The molecule has 4 aromatic rings. The van der Waals surface area contributed by atoms with E-state index in [1.807, 2.05) is 42.5 Å². The van der Waals surface area contributed by atoms with Crippen LogP contribution >= 0.6 is 11.5 Å². The van der Waals surface area contributed by atoms with Crippen LogP contribution in [0.5, 0.6) is 5.88 Å². The van der Waals surface area contributed by atoms with Gasteiger partial charge in [0.2, 0.25) is 5.88 Å². The lowest BCUT2D eigenvalue weighted by Gasteiger charge is -2.11. The molecule has 1 N–H and O–H groups in total. The van der Waals surface area contributed by atoms with Gasteiger partial charge in [-0.15, -0.1) is 0 Å². The molecule has 0 amide bonds. The zero-order valence-corrected chi connectivity index (χ0v) is 12.5. The molecule has 2 nitrogen and oxygen atoms in total. The highest BCUT2D eigenvalue weighted by Gasteiger charge is 2.13. The summed E-state index contributed by atoms with van der Waals surface area (Å²) in [6, 6.07) is 24.7. The van der Waals surface area contributed by atoms with Gasteiger partial charge in [0.05, 0.1) is 10.1 Å². The predicted octanol–water partition coefficient (Wildman–Crippen LogP) is 5.34. The van der Waals surface area contributed by atoms with E-state index in [0.29, 0.717) is 0 Å². The molecule has 0 aliphatic rings. The maximum absolute atomic E-state index is 9.94. The van der Waals surface area contributed by atoms with Crippen LogP contribution in [0.1, 0.15) is 0 Å². The van der Waals surface area contributed by atoms with Crippen LogP contribution in [0.2, 0.25) is 0 Å². The Balaban J connectivity index is 2.05. The standard InChI is InChI=1S/C19H13NOS/c21-19-17-11-15(13-7-3-1-4-8-13)16(12-18(17)22-20-19)14-9-5-2-6-10-14/h1-12H,(H,20,21). The van der Waals surface area contributed by atoms with E-state index in [1.54, 1.807) is 0 Å². The lowest BCUT2D eigenvalue weighted by Crippen LogP contribution is -1.85. The fourth-order valence-electron chi connectivity index (χ4n) is 2.68. The molecule has 3 aromatic carbocycles. The normalized spacial score (nSPS) is 10.9. The molecule has 4 rings (SSSR count). The largest absolute Gasteiger partial charge is 0.492 e. The molecule has 1 heterocycles. The second-order valence-electron chi connectivity index (χ2n) is 5.13. The number of rotatable bonds is 2. The molecule has 0 saturated heterocycles. The Labute approximate surface area is 132 Å². The van der Waals surface area contributed by atoms with Crippen LogP contribution in [0.25, 0.3) is 32.3 Å². The molecule has 22 heavy (non-hydrogen) atoms. The van der Waals surface area contributed by atoms with Gasteiger partial charge in [0.25, 0.3) is 0 Å². The number of hydrogen-bond donors (Lipinski definition) is 1. The first kappa shape index (κ1) is 13.0. The summed E-state index contributed by atoms with van der Waals surface area (Å²) in [5.41, 5.74) is 4.56. The monoisotopic (exact) mass is 303 g/mol. The van der Waals surface area contributed by atoms with Crippen molar-refractivity contribution >= 4 is 21.6 Å². The SMILES string of the molecule is Oc1nsc2cc(-c3ccccc3)c(-c3ccccc3)cc12. The number of fused-ring (bicyclic) bond motifs is 1. The quantitative estimate of drug-likeness (QED) is 0.542. The summed E-state index contributed by atoms with van der Waals surface area (Å²) in [6.07, 6.45) is 0. The first-order valence-corrected chi connectivity index (χ1v) is 7.83. The zero-order chi connectivity index (χ0) is 14.9. The van der Waals surface area contributed by atoms with Crippen LogP contribution < -0.4 is 0 Å². The van der Waals surface area contributed by atoms with Gasteiger partial charge in [-0.05, 0) is 45.9 Å². The summed E-state index contributed by atoms with van der Waals surface area (Å²) in [7, 11) is 0. The second kappa shape index (κ2) is 5.28. The third-order valence-electron chi connectivity index (χ3n) is 3.76. The van der Waals surface area contributed by atoms with Crippen molar-refractivity contribution in [1.82, 2.24) is 4.37 Å². The highest BCUT2D eigenvalue weighted by atomic mass is 32.1. The molecule has 106 valence electrons. The van der Waals surface area contributed by atoms with Crippen LogP contribution in [0.15, 0.2) is 72.8 Å². The fraction of sp³-hybridized carbons (Fsp3) is 0. The molecule has 0 aliphatic carbocycles. The van der Waals surface area contributed by atoms with Crippen LogP contribution in [0.4, 0.5) is 0 Å². The van der Waals surface area contributed by atoms with Gasteiger partial charge in [0.1, 0.15) is 0 Å². The Kier molecular flexibility index (Phi) is 3.13. The highest BCUT2D eigenvalue weighted by molar-refractivity contribution is 7.13. The molecule has 0 radical (unpaired) electrons. The Morgan fingerprint density at radius 3 is 1.86 bits per heavy atom. The van der Waals surface area contributed by atoms with Crippen molar-refractivity contribution in [3.05, 3.63) is 72.8 Å². The van der Waals surface area contributed by atoms with E-state index < -0.39 is 0 Å². The van der Waals surface area contributed by atoms with Gasteiger partial charge >= 0.3 is 0 Å². The van der Waals surface area contributed by atoms with Crippen LogP contribution in [-0.2, 0) is 0 Å². The predicted molar refractivity (Wildman–Crippen MR) is 92.2 cm³/mol. The van der Waals surface area contributed by atoms with Crippen molar-refractivity contribution < 1.29 is 5.11 Å². The minimum atomic E-state index is 0.108. The van der Waals surface area contributed by atoms with Crippen molar-refractivity contribution in [2.75, 3.05) is 0 Å². The Bertz CT molecular complexity index is 930. The van der Waals surface area contributed by atoms with Crippen molar-refractivity contribution in [3.8, 4) is 28.1 Å². The van der Waals surface area contributed by atoms with Gasteiger partial charge in [0, 0.05) is 0 Å². The average Bonchev–Trinajstić information content (AvgIpc) is 2.96. The Morgan fingerprint density at radius 1 is 0.727 bits per heavy atom. The molecule has 0 atom stereocenters. The zero-order valence-electron chi connectivity index (χ0n) is 11.7. The van der Waals surface area contributed by atoms with Gasteiger partial charge in [-0.1, -0.05) is 60.7 Å². The third kappa shape index (κ3) is 2.16. The van der Waals surface area contributed by atoms with Crippen molar-refractivity contribution in [2.24, 2.45) is 0 Å². The Hall–Kier alpha value is -2.65. The first-order valence-electron chi connectivity index (χ1n) is 7.06. The lowest BCUT2D eigenvalue weighted by atomic mass is 9.93. The molecular weight excluding hydrogens is 290 g/mol. The molecule has 0 spiro atoms. The average molecular weight is 303 g/mol. The minimum Gasteiger partial charge on any atom is -0.492 e. The van der Waals surface area contributed by atoms with Gasteiger partial charge in [0.15, 0.2) is 0 Å². The van der Waals surface area contributed by atoms with E-state index in [-0.39, 0.29) is 5.88 Å². The summed E-state index contributed by atoms with van der Waals surface area (Å²) in [5, 5.41) is 10.8. The fourth-order valence-corrected chi connectivity index (χ4v) is 3.39. The summed E-state index contributed by atoms with van der Waals surface area (Å²) < 4.78 is 5.06. The molecule has 0 fully saturated rings. The van der Waals surface area contributed by atoms with Gasteiger partial charge < -0.3 is 5.11 Å². The maximum atomic E-state index is 9.94. The van der Waals surface area contributed by atoms with E-state index in [9.17, 15) is 5.11 Å². The van der Waals surface area contributed by atoms with E-state index in [2.05, 4.69) is 34.7 Å². The van der Waals surface area contributed by atoms with Crippen molar-refractivity contribution in [1.29, 1.82) is 0 Å². The lowest BCUT2D eigenvalue weighted by molar-refractivity contribution is 0.466. The number of benzene rings is 3. The first-order chi connectivity index (χ1) is 10.8. The molecule has 0 aliphatic heterocycles. The van der Waals surface area contributed by atoms with Crippen molar-refractivity contribution in [2.45, 2.75) is 0 Å². The highest BCUT2D eigenvalue weighted by Crippen LogP contribution is 2.39. The number of aromatic hydroxyl groups is 1. The van der Waals surface area contributed by atoms with Gasteiger partial charge in [-0.2, -0.15) is 4.37 Å². The summed E-state index contributed by atoms with van der Waals surface area (Å²) >= 11 is 1.33. The third-order valence-corrected chi connectivity index (χ3v) is 4.56. The molecule has 0 bridgehead atoms.